The molecule has 0 aliphatic heterocycles. The van der Waals surface area contributed by atoms with Gasteiger partial charge in [-0.2, -0.15) is 0 Å². The topological polar surface area (TPSA) is 102 Å². The predicted molar refractivity (Wildman–Crippen MR) is 277 cm³/mol. The molecule has 8 heteroatoms. The Labute approximate surface area is 405 Å². The summed E-state index contributed by atoms with van der Waals surface area (Å²) in [5.74, 6) is -1.76. The van der Waals surface area contributed by atoms with Crippen molar-refractivity contribution in [2.24, 2.45) is 0 Å². The molecule has 0 aromatic rings. The molecule has 66 heavy (non-hydrogen) atoms. The minimum absolute atomic E-state index is 0.0296. The van der Waals surface area contributed by atoms with Gasteiger partial charge in [0.15, 0.2) is 6.10 Å². The van der Waals surface area contributed by atoms with Crippen molar-refractivity contribution >= 4 is 17.9 Å². The van der Waals surface area contributed by atoms with Crippen molar-refractivity contribution in [1.29, 1.82) is 0 Å². The average molecular weight is 920 g/mol. The second kappa shape index (κ2) is 47.7. The van der Waals surface area contributed by atoms with Crippen molar-refractivity contribution in [3.63, 3.8) is 0 Å². The highest BCUT2D eigenvalue weighted by Gasteiger charge is 2.25. The van der Waals surface area contributed by atoms with E-state index >= 15 is 0 Å². The summed E-state index contributed by atoms with van der Waals surface area (Å²) in [7, 11) is 5.40. The summed E-state index contributed by atoms with van der Waals surface area (Å²) in [5.41, 5.74) is 0. The molecule has 0 amide bonds. The summed E-state index contributed by atoms with van der Waals surface area (Å²) in [5, 5.41) is 11.7. The standard InChI is InChI=1S/C58H97NO7/c1-6-8-10-12-14-16-18-20-22-24-26-27-28-29-31-32-34-36-38-40-42-44-46-48-56(60)65-53-54(52-64-51-50-55(58(62)63)59(3,4)5)66-57(61)49-47-45-43-41-39-37-35-33-30-25-23-21-19-17-15-13-11-9-7-2/h8-11,14-17,20-23,26-27,29,31,54-55H,6-7,12-13,18-19,24-25,28,30,32-53H2,1-5H3/b10-8+,11-9+,16-14+,17-15+,22-20+,23-21+,27-26+,31-29+. The van der Waals surface area contributed by atoms with E-state index in [1.165, 1.54) is 57.8 Å². The number of aliphatic carboxylic acids is 1. The Morgan fingerprint density at radius 1 is 0.455 bits per heavy atom. The Kier molecular flexibility index (Phi) is 45.0. The van der Waals surface area contributed by atoms with Gasteiger partial charge in [-0.15, -0.1) is 0 Å². The average Bonchev–Trinajstić information content (AvgIpc) is 3.28. The fourth-order valence-corrected chi connectivity index (χ4v) is 7.23. The molecular weight excluding hydrogens is 823 g/mol. The maximum Gasteiger partial charge on any atom is 0.306 e. The number of unbranched alkanes of at least 4 members (excludes halogenated alkanes) is 16. The zero-order valence-corrected chi connectivity index (χ0v) is 42.8. The minimum atomic E-state index is -1.13. The number of esters is 2. The van der Waals surface area contributed by atoms with Crippen LogP contribution in [0.25, 0.3) is 0 Å². The van der Waals surface area contributed by atoms with Gasteiger partial charge >= 0.3 is 11.9 Å². The molecule has 0 rings (SSSR count). The molecule has 0 aliphatic carbocycles. The van der Waals surface area contributed by atoms with Gasteiger partial charge in [-0.3, -0.25) is 9.59 Å². The van der Waals surface area contributed by atoms with Gasteiger partial charge in [0.05, 0.1) is 40.3 Å². The molecule has 0 heterocycles. The molecule has 2 atom stereocenters. The third-order valence-electron chi connectivity index (χ3n) is 11.2. The van der Waals surface area contributed by atoms with Crippen molar-refractivity contribution in [2.75, 3.05) is 41.0 Å². The largest absolute Gasteiger partial charge is 0.544 e. The van der Waals surface area contributed by atoms with Crippen LogP contribution in [-0.2, 0) is 28.6 Å². The number of ether oxygens (including phenoxy) is 3. The lowest BCUT2D eigenvalue weighted by Crippen LogP contribution is -2.55. The molecule has 0 radical (unpaired) electrons. The Hall–Kier alpha value is -3.75. The summed E-state index contributed by atoms with van der Waals surface area (Å²) in [6, 6.07) is -0.735. The van der Waals surface area contributed by atoms with Crippen LogP contribution in [0.15, 0.2) is 97.2 Å². The van der Waals surface area contributed by atoms with Crippen molar-refractivity contribution in [2.45, 2.75) is 212 Å². The first-order valence-electron chi connectivity index (χ1n) is 26.3. The molecule has 0 aromatic heterocycles. The van der Waals surface area contributed by atoms with Crippen molar-refractivity contribution < 1.29 is 38.2 Å². The predicted octanol–water partition coefficient (Wildman–Crippen LogP) is 14.1. The lowest BCUT2D eigenvalue weighted by atomic mass is 10.1. The lowest BCUT2D eigenvalue weighted by Gasteiger charge is -2.34. The fraction of sp³-hybridized carbons (Fsp3) is 0.672. The molecule has 2 unspecified atom stereocenters. The number of quaternary nitrogens is 1. The van der Waals surface area contributed by atoms with Crippen LogP contribution in [0.1, 0.15) is 200 Å². The number of nitrogens with zero attached hydrogens (tertiary/aromatic N) is 1. The molecule has 0 aromatic carbocycles. The highest BCUT2D eigenvalue weighted by molar-refractivity contribution is 5.70. The van der Waals surface area contributed by atoms with E-state index in [1.54, 1.807) is 21.1 Å². The van der Waals surface area contributed by atoms with Crippen molar-refractivity contribution in [3.8, 4) is 0 Å². The zero-order chi connectivity index (χ0) is 48.4. The molecule has 0 spiro atoms. The number of rotatable bonds is 46. The lowest BCUT2D eigenvalue weighted by molar-refractivity contribution is -0.889. The van der Waals surface area contributed by atoms with E-state index in [4.69, 9.17) is 14.2 Å². The van der Waals surface area contributed by atoms with Crippen molar-refractivity contribution in [1.82, 2.24) is 0 Å². The van der Waals surface area contributed by atoms with Gasteiger partial charge in [-0.25, -0.2) is 0 Å². The highest BCUT2D eigenvalue weighted by Crippen LogP contribution is 2.14. The number of hydrogen-bond donors (Lipinski definition) is 0. The van der Waals surface area contributed by atoms with Crippen LogP contribution in [0.2, 0.25) is 0 Å². The molecule has 0 N–H and O–H groups in total. The second-order valence-electron chi connectivity index (χ2n) is 18.3. The Morgan fingerprint density at radius 2 is 0.803 bits per heavy atom. The van der Waals surface area contributed by atoms with Gasteiger partial charge in [-0.1, -0.05) is 188 Å². The highest BCUT2D eigenvalue weighted by atomic mass is 16.6. The summed E-state index contributed by atoms with van der Waals surface area (Å²) in [6.45, 7) is 4.42. The van der Waals surface area contributed by atoms with Crippen LogP contribution >= 0.6 is 0 Å². The third kappa shape index (κ3) is 45.4. The molecular formula is C58H97NO7. The summed E-state index contributed by atoms with van der Waals surface area (Å²) in [6.07, 6.45) is 64.3. The molecule has 0 saturated carbocycles. The Bertz CT molecular complexity index is 1400. The fourth-order valence-electron chi connectivity index (χ4n) is 7.23. The third-order valence-corrected chi connectivity index (χ3v) is 11.2. The van der Waals surface area contributed by atoms with E-state index in [2.05, 4.69) is 111 Å². The normalized spacial score (nSPS) is 13.7. The van der Waals surface area contributed by atoms with Crippen LogP contribution in [0.3, 0.4) is 0 Å². The Balaban J connectivity index is 4.27. The van der Waals surface area contributed by atoms with Gasteiger partial charge in [0.1, 0.15) is 12.6 Å². The van der Waals surface area contributed by atoms with E-state index in [9.17, 15) is 19.5 Å². The number of carbonyl (C=O) groups is 3. The van der Waals surface area contributed by atoms with E-state index < -0.39 is 18.1 Å². The monoisotopic (exact) mass is 920 g/mol. The molecule has 0 aliphatic rings. The zero-order valence-electron chi connectivity index (χ0n) is 42.8. The smallest absolute Gasteiger partial charge is 0.306 e. The SMILES string of the molecule is CC/C=C/C/C=C/C/C=C/C/C=C/C/C=C/CCCCCCCCCC(=O)OCC(COCCC(C(=O)[O-])[N+](C)(C)C)OC(=O)CCCCCCCCCCC/C=C/C/C=C/C/C=C/CC. The molecule has 0 fully saturated rings. The second-order valence-corrected chi connectivity index (χ2v) is 18.3. The van der Waals surface area contributed by atoms with E-state index in [1.807, 2.05) is 0 Å². The van der Waals surface area contributed by atoms with E-state index in [0.29, 0.717) is 12.8 Å². The number of allylic oxidation sites excluding steroid dienone is 16. The summed E-state index contributed by atoms with van der Waals surface area (Å²) in [4.78, 5) is 37.1. The Morgan fingerprint density at radius 3 is 1.18 bits per heavy atom. The summed E-state index contributed by atoms with van der Waals surface area (Å²) < 4.78 is 17.2. The first kappa shape index (κ1) is 62.2. The number of carbonyl (C=O) groups excluding carboxylic acids is 3. The molecule has 376 valence electrons. The first-order valence-corrected chi connectivity index (χ1v) is 26.3. The van der Waals surface area contributed by atoms with Gasteiger partial charge in [0.25, 0.3) is 0 Å². The molecule has 0 saturated heterocycles. The number of hydrogen-bond acceptors (Lipinski definition) is 7. The van der Waals surface area contributed by atoms with Gasteiger partial charge in [0.2, 0.25) is 0 Å². The van der Waals surface area contributed by atoms with Crippen LogP contribution in [0.4, 0.5) is 0 Å². The first-order chi connectivity index (χ1) is 32.1. The number of likely N-dealkylation sites (N-methyl/N-ethyl adjacent to an activating group) is 1. The van der Waals surface area contributed by atoms with Crippen LogP contribution in [0.5, 0.6) is 0 Å². The number of carboxylic acids is 1. The van der Waals surface area contributed by atoms with E-state index in [-0.39, 0.29) is 42.7 Å². The maximum absolute atomic E-state index is 12.8. The molecule has 0 bridgehead atoms. The van der Waals surface area contributed by atoms with Crippen LogP contribution < -0.4 is 5.11 Å². The maximum atomic E-state index is 12.8. The van der Waals surface area contributed by atoms with E-state index in [0.717, 1.165) is 109 Å². The van der Waals surface area contributed by atoms with Gasteiger partial charge in [-0.05, 0) is 89.9 Å². The van der Waals surface area contributed by atoms with Gasteiger partial charge in [0, 0.05) is 19.3 Å². The number of carboxylic acid groups (broad SMARTS) is 1. The van der Waals surface area contributed by atoms with Crippen LogP contribution in [0, 0.1) is 0 Å². The summed E-state index contributed by atoms with van der Waals surface area (Å²) >= 11 is 0. The minimum Gasteiger partial charge on any atom is -0.544 e. The quantitative estimate of drug-likeness (QED) is 0.0259. The van der Waals surface area contributed by atoms with Crippen LogP contribution in [-0.4, -0.2) is 75.5 Å². The van der Waals surface area contributed by atoms with Gasteiger partial charge < -0.3 is 28.6 Å². The van der Waals surface area contributed by atoms with Crippen molar-refractivity contribution in [3.05, 3.63) is 97.2 Å². The molecule has 8 nitrogen and oxygen atoms in total.